The Morgan fingerprint density at radius 1 is 1.19 bits per heavy atom. The Morgan fingerprint density at radius 2 is 1.90 bits per heavy atom. The summed E-state index contributed by atoms with van der Waals surface area (Å²) in [7, 11) is 0. The van der Waals surface area contributed by atoms with Crippen LogP contribution >= 0.6 is 0 Å². The Labute approximate surface area is 182 Å². The molecule has 8 heteroatoms. The van der Waals surface area contributed by atoms with Gasteiger partial charge in [0.25, 0.3) is 0 Å². The maximum absolute atomic E-state index is 12.2. The monoisotopic (exact) mass is 422 g/mol. The number of benzene rings is 1. The number of hydrogen-bond acceptors (Lipinski definition) is 7. The van der Waals surface area contributed by atoms with E-state index in [0.717, 1.165) is 31.7 Å². The molecule has 1 aliphatic heterocycles. The number of morpholine rings is 1. The summed E-state index contributed by atoms with van der Waals surface area (Å²) in [5.74, 6) is 0.835. The van der Waals surface area contributed by atoms with Crippen LogP contribution in [0.25, 0.3) is 11.0 Å². The maximum Gasteiger partial charge on any atom is 0.229 e. The number of nitrogen functional groups attached to an aromatic ring is 1. The lowest BCUT2D eigenvalue weighted by Crippen LogP contribution is -2.46. The lowest BCUT2D eigenvalue weighted by molar-refractivity contribution is -0.0675. The SMILES string of the molecule is CCn1c(N)cc(=O)c2cnc(Nc3ccc(CCN4C[C@@H](C)O[C@@H](C)C4)cc3)nc21. The highest BCUT2D eigenvalue weighted by Crippen LogP contribution is 2.18. The molecule has 0 amide bonds. The van der Waals surface area contributed by atoms with Gasteiger partial charge in [0.2, 0.25) is 5.95 Å². The van der Waals surface area contributed by atoms with Gasteiger partial charge in [0.1, 0.15) is 5.82 Å². The zero-order chi connectivity index (χ0) is 22.0. The first kappa shape index (κ1) is 21.3. The van der Waals surface area contributed by atoms with Crippen molar-refractivity contribution in [2.45, 2.75) is 45.9 Å². The molecule has 164 valence electrons. The van der Waals surface area contributed by atoms with Crippen molar-refractivity contribution in [3.8, 4) is 0 Å². The second kappa shape index (κ2) is 9.03. The van der Waals surface area contributed by atoms with Crippen molar-refractivity contribution in [2.24, 2.45) is 0 Å². The molecule has 0 bridgehead atoms. The van der Waals surface area contributed by atoms with Crippen LogP contribution in [0, 0.1) is 0 Å². The van der Waals surface area contributed by atoms with Gasteiger partial charge in [-0.05, 0) is 44.9 Å². The third-order valence-corrected chi connectivity index (χ3v) is 5.62. The van der Waals surface area contributed by atoms with Crippen molar-refractivity contribution in [1.29, 1.82) is 0 Å². The number of anilines is 3. The van der Waals surface area contributed by atoms with Gasteiger partial charge >= 0.3 is 0 Å². The summed E-state index contributed by atoms with van der Waals surface area (Å²) in [6, 6.07) is 9.71. The Bertz CT molecular complexity index is 1100. The van der Waals surface area contributed by atoms with E-state index >= 15 is 0 Å². The number of nitrogens with two attached hydrogens (primary N) is 1. The first-order valence-corrected chi connectivity index (χ1v) is 10.8. The van der Waals surface area contributed by atoms with Gasteiger partial charge in [-0.15, -0.1) is 0 Å². The van der Waals surface area contributed by atoms with E-state index in [0.29, 0.717) is 29.3 Å². The van der Waals surface area contributed by atoms with E-state index in [-0.39, 0.29) is 17.6 Å². The smallest absolute Gasteiger partial charge is 0.229 e. The maximum atomic E-state index is 12.2. The topological polar surface area (TPSA) is 98.3 Å². The summed E-state index contributed by atoms with van der Waals surface area (Å²) in [5, 5.41) is 3.69. The summed E-state index contributed by atoms with van der Waals surface area (Å²) >= 11 is 0. The minimum atomic E-state index is -0.169. The van der Waals surface area contributed by atoms with Crippen molar-refractivity contribution in [2.75, 3.05) is 30.7 Å². The van der Waals surface area contributed by atoms with Gasteiger partial charge in [0, 0.05) is 44.1 Å². The van der Waals surface area contributed by atoms with Crippen LogP contribution in [-0.4, -0.2) is 51.3 Å². The molecule has 3 aromatic rings. The van der Waals surface area contributed by atoms with Crippen molar-refractivity contribution in [3.63, 3.8) is 0 Å². The molecule has 1 fully saturated rings. The summed E-state index contributed by atoms with van der Waals surface area (Å²) in [6.07, 6.45) is 3.12. The predicted octanol–water partition coefficient (Wildman–Crippen LogP) is 2.79. The molecule has 0 aliphatic carbocycles. The van der Waals surface area contributed by atoms with E-state index in [4.69, 9.17) is 10.5 Å². The number of aryl methyl sites for hydroxylation is 1. The molecule has 1 aromatic carbocycles. The molecule has 1 saturated heterocycles. The van der Waals surface area contributed by atoms with Crippen LogP contribution in [0.15, 0.2) is 41.3 Å². The summed E-state index contributed by atoms with van der Waals surface area (Å²) in [6.45, 7) is 9.83. The molecule has 8 nitrogen and oxygen atoms in total. The number of nitrogens with zero attached hydrogens (tertiary/aromatic N) is 4. The molecule has 4 rings (SSSR count). The fraction of sp³-hybridized carbons (Fsp3) is 0.435. The van der Waals surface area contributed by atoms with Crippen LogP contribution in [0.5, 0.6) is 0 Å². The number of rotatable bonds is 6. The van der Waals surface area contributed by atoms with Crippen LogP contribution in [0.2, 0.25) is 0 Å². The largest absolute Gasteiger partial charge is 0.385 e. The average molecular weight is 423 g/mol. The molecule has 0 spiro atoms. The number of ether oxygens (including phenoxy) is 1. The van der Waals surface area contributed by atoms with Crippen LogP contribution in [-0.2, 0) is 17.7 Å². The second-order valence-corrected chi connectivity index (χ2v) is 8.20. The van der Waals surface area contributed by atoms with Gasteiger partial charge in [-0.1, -0.05) is 12.1 Å². The van der Waals surface area contributed by atoms with E-state index in [1.807, 2.05) is 19.1 Å². The van der Waals surface area contributed by atoms with Gasteiger partial charge in [-0.25, -0.2) is 4.98 Å². The highest BCUT2D eigenvalue weighted by molar-refractivity contribution is 5.77. The molecule has 3 N–H and O–H groups in total. The Kier molecular flexibility index (Phi) is 6.20. The summed E-state index contributed by atoms with van der Waals surface area (Å²) in [4.78, 5) is 23.5. The summed E-state index contributed by atoms with van der Waals surface area (Å²) < 4.78 is 7.61. The highest BCUT2D eigenvalue weighted by atomic mass is 16.5. The summed E-state index contributed by atoms with van der Waals surface area (Å²) in [5.41, 5.74) is 8.53. The van der Waals surface area contributed by atoms with E-state index < -0.39 is 0 Å². The number of pyridine rings is 1. The quantitative estimate of drug-likeness (QED) is 0.630. The fourth-order valence-electron chi connectivity index (χ4n) is 4.20. The molecule has 1 aliphatic rings. The van der Waals surface area contributed by atoms with E-state index in [2.05, 4.69) is 46.2 Å². The fourth-order valence-corrected chi connectivity index (χ4v) is 4.20. The van der Waals surface area contributed by atoms with E-state index in [1.165, 1.54) is 11.6 Å². The number of fused-ring (bicyclic) bond motifs is 1. The van der Waals surface area contributed by atoms with E-state index in [1.54, 1.807) is 10.8 Å². The normalized spacial score (nSPS) is 19.6. The van der Waals surface area contributed by atoms with Crippen LogP contribution in [0.4, 0.5) is 17.5 Å². The Balaban J connectivity index is 1.44. The van der Waals surface area contributed by atoms with Gasteiger partial charge in [0.05, 0.1) is 17.6 Å². The van der Waals surface area contributed by atoms with Crippen molar-refractivity contribution < 1.29 is 4.74 Å². The van der Waals surface area contributed by atoms with Gasteiger partial charge in [-0.2, -0.15) is 4.98 Å². The average Bonchev–Trinajstić information content (AvgIpc) is 2.73. The molecule has 0 unspecified atom stereocenters. The number of hydrogen-bond donors (Lipinski definition) is 2. The third kappa shape index (κ3) is 4.86. The molecule has 2 aromatic heterocycles. The molecular weight excluding hydrogens is 392 g/mol. The van der Waals surface area contributed by atoms with Crippen molar-refractivity contribution >= 4 is 28.5 Å². The third-order valence-electron chi connectivity index (χ3n) is 5.62. The van der Waals surface area contributed by atoms with Gasteiger partial charge < -0.3 is 20.4 Å². The number of nitrogens with one attached hydrogen (secondary N) is 1. The van der Waals surface area contributed by atoms with Gasteiger partial charge in [0.15, 0.2) is 11.1 Å². The number of aromatic nitrogens is 3. The lowest BCUT2D eigenvalue weighted by atomic mass is 10.1. The standard InChI is InChI=1S/C23H30N6O2/c1-4-29-21(24)11-20(30)19-12-25-23(27-22(19)29)26-18-7-5-17(6-8-18)9-10-28-13-15(2)31-16(3)14-28/h5-8,11-12,15-16H,4,9-10,13-14,24H2,1-3H3,(H,25,26,27)/t15-,16+. The first-order chi connectivity index (χ1) is 14.9. The minimum Gasteiger partial charge on any atom is -0.385 e. The van der Waals surface area contributed by atoms with E-state index in [9.17, 15) is 4.79 Å². The van der Waals surface area contributed by atoms with Crippen LogP contribution in [0.3, 0.4) is 0 Å². The molecular formula is C23H30N6O2. The van der Waals surface area contributed by atoms with Crippen molar-refractivity contribution in [3.05, 3.63) is 52.3 Å². The second-order valence-electron chi connectivity index (χ2n) is 8.20. The van der Waals surface area contributed by atoms with Gasteiger partial charge in [-0.3, -0.25) is 9.69 Å². The zero-order valence-corrected chi connectivity index (χ0v) is 18.3. The molecule has 31 heavy (non-hydrogen) atoms. The first-order valence-electron chi connectivity index (χ1n) is 10.8. The predicted molar refractivity (Wildman–Crippen MR) is 124 cm³/mol. The lowest BCUT2D eigenvalue weighted by Gasteiger charge is -2.35. The Morgan fingerprint density at radius 3 is 2.58 bits per heavy atom. The Hall–Kier alpha value is -2.97. The van der Waals surface area contributed by atoms with Crippen LogP contribution < -0.4 is 16.5 Å². The molecule has 0 radical (unpaired) electrons. The van der Waals surface area contributed by atoms with Crippen molar-refractivity contribution in [1.82, 2.24) is 19.4 Å². The molecule has 3 heterocycles. The zero-order valence-electron chi connectivity index (χ0n) is 18.3. The molecule has 0 saturated carbocycles. The minimum absolute atomic E-state index is 0.169. The molecule has 2 atom stereocenters. The highest BCUT2D eigenvalue weighted by Gasteiger charge is 2.21. The van der Waals surface area contributed by atoms with Crippen LogP contribution in [0.1, 0.15) is 26.3 Å².